The molecule has 1 atom stereocenters. The summed E-state index contributed by atoms with van der Waals surface area (Å²) in [5, 5.41) is 0. The quantitative estimate of drug-likeness (QED) is 0.491. The number of carbonyl (C=O) groups is 1. The molecule has 0 N–H and O–H groups in total. The summed E-state index contributed by atoms with van der Waals surface area (Å²) < 4.78 is 0. The zero-order valence-electron chi connectivity index (χ0n) is 9.41. The first-order valence-electron chi connectivity index (χ1n) is 5.03. The smallest absolute Gasteiger partial charge is 0.150 e. The second-order valence-electron chi connectivity index (χ2n) is 3.74. The number of hydrogen-bond acceptors (Lipinski definition) is 2. The third-order valence-electron chi connectivity index (χ3n) is 2.46. The van der Waals surface area contributed by atoms with Gasteiger partial charge in [-0.2, -0.15) is 0 Å². The maximum Gasteiger partial charge on any atom is 0.150 e. The van der Waals surface area contributed by atoms with Gasteiger partial charge in [-0.1, -0.05) is 29.8 Å². The van der Waals surface area contributed by atoms with Crippen LogP contribution in [0.2, 0.25) is 0 Å². The maximum atomic E-state index is 10.5. The summed E-state index contributed by atoms with van der Waals surface area (Å²) in [6.45, 7) is 9.56. The van der Waals surface area contributed by atoms with E-state index in [4.69, 9.17) is 0 Å². The molecule has 0 aliphatic rings. The van der Waals surface area contributed by atoms with Gasteiger partial charge in [-0.15, -0.1) is 12.5 Å². The van der Waals surface area contributed by atoms with E-state index in [-0.39, 0.29) is 5.92 Å². The molecular weight excluding hydrogens is 448 g/mol. The first-order valence-corrected chi connectivity index (χ1v) is 5.03. The Hall–Kier alpha value is -2.15. The number of likely N-dealkylation sites (N-methyl/N-ethyl adjacent to an activating group) is 1. The summed E-state index contributed by atoms with van der Waals surface area (Å²) in [6.07, 6.45) is 0.851. The van der Waals surface area contributed by atoms with E-state index in [0.717, 1.165) is 24.9 Å². The van der Waals surface area contributed by atoms with Gasteiger partial charge in [0.05, 0.1) is 0 Å². The molecular formula is C13H17LrNO-2. The molecule has 0 fully saturated rings. The van der Waals surface area contributed by atoms with Crippen LogP contribution in [0, 0.1) is 13.8 Å². The Morgan fingerprint density at radius 2 is 1.94 bits per heavy atom. The number of hydrogen-bond donors (Lipinski definition) is 0. The fraction of sp³-hybridized carbons (Fsp3) is 0.308. The average molecular weight is 465 g/mol. The van der Waals surface area contributed by atoms with Gasteiger partial charge in [0.2, 0.25) is 0 Å². The summed E-state index contributed by atoms with van der Waals surface area (Å²) in [4.78, 5) is 12.6. The summed E-state index contributed by atoms with van der Waals surface area (Å²) >= 11 is 0. The Labute approximate surface area is 91.9 Å². The van der Waals surface area contributed by atoms with Crippen LogP contribution in [0.4, 0.5) is 0 Å². The molecule has 1 radical (unpaired) electrons. The monoisotopic (exact) mass is 465 g/mol. The molecule has 3 heteroatoms. The molecule has 0 amide bonds. The minimum Gasteiger partial charge on any atom is -0.338 e. The SMILES string of the molecule is [CH2-]CN(C)C[C@H]([CH2-])c1ccc(C=O)cc1.[Lr]. The van der Waals surface area contributed by atoms with Gasteiger partial charge in [-0.05, 0) is 13.6 Å². The Morgan fingerprint density at radius 3 is 2.38 bits per heavy atom. The number of aldehydes is 1. The maximum absolute atomic E-state index is 10.5. The molecule has 0 aliphatic heterocycles. The first-order chi connectivity index (χ1) is 7.17. The van der Waals surface area contributed by atoms with E-state index in [1.807, 2.05) is 31.3 Å². The molecule has 0 spiro atoms. The van der Waals surface area contributed by atoms with Gasteiger partial charge >= 0.3 is 0 Å². The van der Waals surface area contributed by atoms with Crippen molar-refractivity contribution in [3.8, 4) is 0 Å². The van der Waals surface area contributed by atoms with Crippen molar-refractivity contribution in [1.82, 2.24) is 4.90 Å². The average Bonchev–Trinajstić information content (AvgIpc) is 2.29. The Kier molecular flexibility index (Phi) is 5.50. The molecule has 97 valence electrons. The number of nitrogens with zero attached hydrogens (tertiary/aromatic N) is 1. The van der Waals surface area contributed by atoms with Crippen molar-refractivity contribution in [3.63, 3.8) is 0 Å². The minimum absolute atomic E-state index is 0. The Balaban J connectivity index is 0.00000225. The fourth-order valence-electron chi connectivity index (χ4n) is 1.42. The van der Waals surface area contributed by atoms with Crippen LogP contribution < -0.4 is 0 Å². The molecule has 0 saturated carbocycles. The van der Waals surface area contributed by atoms with Crippen molar-refractivity contribution in [2.45, 2.75) is 5.92 Å². The van der Waals surface area contributed by atoms with Gasteiger partial charge in [-0.25, -0.2) is 0 Å². The van der Waals surface area contributed by atoms with Crippen LogP contribution in [0.5, 0.6) is 0 Å². The first kappa shape index (κ1) is 13.8. The van der Waals surface area contributed by atoms with Gasteiger partial charge in [0.25, 0.3) is 0 Å². The van der Waals surface area contributed by atoms with Crippen LogP contribution in [0.25, 0.3) is 0 Å². The van der Waals surface area contributed by atoms with Crippen molar-refractivity contribution in [1.29, 1.82) is 0 Å². The molecule has 2 nitrogen and oxygen atoms in total. The van der Waals surface area contributed by atoms with Crippen LogP contribution in [0.15, 0.2) is 24.3 Å². The molecule has 0 heterocycles. The van der Waals surface area contributed by atoms with E-state index in [1.54, 1.807) is 0 Å². The molecule has 0 unspecified atom stereocenters. The van der Waals surface area contributed by atoms with Crippen molar-refractivity contribution >= 4 is 6.29 Å². The van der Waals surface area contributed by atoms with E-state index in [2.05, 4.69) is 18.7 Å². The Bertz CT molecular complexity index is 310. The van der Waals surface area contributed by atoms with E-state index >= 15 is 0 Å². The second-order valence-corrected chi connectivity index (χ2v) is 3.74. The predicted molar refractivity (Wildman–Crippen MR) is 62.8 cm³/mol. The summed E-state index contributed by atoms with van der Waals surface area (Å²) in [5.41, 5.74) is 1.86. The van der Waals surface area contributed by atoms with E-state index in [1.165, 1.54) is 0 Å². The van der Waals surface area contributed by atoms with E-state index < -0.39 is 0 Å². The van der Waals surface area contributed by atoms with Crippen molar-refractivity contribution in [3.05, 3.63) is 49.2 Å². The largest absolute Gasteiger partial charge is 0.338 e. The van der Waals surface area contributed by atoms with Crippen LogP contribution in [-0.2, 0) is 0 Å². The topological polar surface area (TPSA) is 20.3 Å². The zero-order valence-corrected chi connectivity index (χ0v) is 11.6. The standard InChI is InChI=1S/C13H17NO.Lr/c1-4-14(3)9-11(2)13-7-5-12(10-15)6-8-13;/h5-8,10-11H,1-2,4,9H2,3H3;/q-2;/t11-;/m0./s1. The van der Waals surface area contributed by atoms with Gasteiger partial charge in [0.15, 0.2) is 0 Å². The van der Waals surface area contributed by atoms with Crippen molar-refractivity contribution in [2.75, 3.05) is 20.1 Å². The second kappa shape index (κ2) is 6.36. The number of carbonyl (C=O) groups excluding carboxylic acids is 1. The predicted octanol–water partition coefficient (Wildman–Crippen LogP) is 2.18. The molecule has 0 bridgehead atoms. The van der Waals surface area contributed by atoms with E-state index in [9.17, 15) is 4.79 Å². The van der Waals surface area contributed by atoms with E-state index in [0.29, 0.717) is 5.56 Å². The molecule has 1 aromatic rings. The molecule has 1 rings (SSSR count). The van der Waals surface area contributed by atoms with Crippen LogP contribution in [0.1, 0.15) is 21.8 Å². The van der Waals surface area contributed by atoms with Crippen molar-refractivity contribution in [2.24, 2.45) is 0 Å². The van der Waals surface area contributed by atoms with Crippen LogP contribution in [0.3, 0.4) is 0 Å². The number of benzene rings is 1. The molecule has 0 aromatic heterocycles. The number of rotatable bonds is 5. The Morgan fingerprint density at radius 1 is 1.38 bits per heavy atom. The van der Waals surface area contributed by atoms with Crippen LogP contribution >= 0.6 is 0 Å². The minimum atomic E-state index is 0. The molecule has 1 aromatic carbocycles. The van der Waals surface area contributed by atoms with Gasteiger partial charge in [0, 0.05) is 5.56 Å². The normalized spacial score (nSPS) is 12.0. The summed E-state index contributed by atoms with van der Waals surface area (Å²) in [5.74, 6) is 0.220. The van der Waals surface area contributed by atoms with Crippen LogP contribution in [-0.4, -0.2) is 31.3 Å². The third-order valence-corrected chi connectivity index (χ3v) is 2.46. The van der Waals surface area contributed by atoms with Gasteiger partial charge in [0.1, 0.15) is 6.29 Å². The fourth-order valence-corrected chi connectivity index (χ4v) is 1.42. The third kappa shape index (κ3) is 3.54. The summed E-state index contributed by atoms with van der Waals surface area (Å²) in [6, 6.07) is 7.56. The van der Waals surface area contributed by atoms with Gasteiger partial charge in [-0.3, -0.25) is 4.79 Å². The van der Waals surface area contributed by atoms with Gasteiger partial charge < -0.3 is 18.7 Å². The van der Waals surface area contributed by atoms with Crippen molar-refractivity contribution < 1.29 is 4.79 Å². The molecule has 0 aliphatic carbocycles. The zero-order chi connectivity index (χ0) is 11.3. The summed E-state index contributed by atoms with van der Waals surface area (Å²) in [7, 11) is 2.02. The molecule has 16 heavy (non-hydrogen) atoms. The molecule has 0 saturated heterocycles.